The Hall–Kier alpha value is -4.89. The summed E-state index contributed by atoms with van der Waals surface area (Å²) in [6.07, 6.45) is -9.46. The van der Waals surface area contributed by atoms with Gasteiger partial charge in [0.15, 0.2) is 6.10 Å². The first kappa shape index (κ1) is 30.1. The Morgan fingerprint density at radius 1 is 0.956 bits per heavy atom. The molecule has 0 spiro atoms. The fraction of sp³-hybridized carbons (Fsp3) is 0.323. The van der Waals surface area contributed by atoms with E-state index in [1.807, 2.05) is 30.3 Å². The number of aliphatic carboxylic acids is 1. The van der Waals surface area contributed by atoms with Gasteiger partial charge in [-0.3, -0.25) is 24.6 Å². The number of piperidine rings is 1. The minimum absolute atomic E-state index is 0.0226. The van der Waals surface area contributed by atoms with E-state index < -0.39 is 54.7 Å². The monoisotopic (exact) mass is 619 g/mol. The summed E-state index contributed by atoms with van der Waals surface area (Å²) < 4.78 is 9.88. The fourth-order valence-corrected chi connectivity index (χ4v) is 5.92. The van der Waals surface area contributed by atoms with Gasteiger partial charge in [0.2, 0.25) is 18.1 Å². The molecule has 14 heteroatoms. The highest BCUT2D eigenvalue weighted by molar-refractivity contribution is 6.27. The van der Waals surface area contributed by atoms with Gasteiger partial charge in [-0.2, -0.15) is 0 Å². The van der Waals surface area contributed by atoms with Gasteiger partial charge in [0.1, 0.15) is 24.4 Å². The SMILES string of the molecule is O=C1CCC(N2C(=O)c3cccc4c(Cc5ccc(CNC(=O)OC6OC(C(=O)O)C(O)C(O)C6O)cc5)ccc2c34)C(=O)N1. The predicted octanol–water partition coefficient (Wildman–Crippen LogP) is 0.314. The largest absolute Gasteiger partial charge is 0.479 e. The van der Waals surface area contributed by atoms with Crippen molar-refractivity contribution in [2.24, 2.45) is 0 Å². The van der Waals surface area contributed by atoms with E-state index in [9.17, 15) is 39.3 Å². The summed E-state index contributed by atoms with van der Waals surface area (Å²) in [5.74, 6) is -2.72. The van der Waals surface area contributed by atoms with Crippen molar-refractivity contribution in [2.75, 3.05) is 4.90 Å². The highest BCUT2D eigenvalue weighted by Gasteiger charge is 2.48. The highest BCUT2D eigenvalue weighted by atomic mass is 16.7. The third-order valence-electron chi connectivity index (χ3n) is 8.23. The van der Waals surface area contributed by atoms with Crippen LogP contribution in [0.1, 0.15) is 39.9 Å². The molecule has 3 aliphatic heterocycles. The number of nitrogens with one attached hydrogen (secondary N) is 2. The standard InChI is InChI=1S/C31H29N3O11/c35-21-11-10-20(27(39)33-21)34-19-9-8-16(17-2-1-3-18(22(17)19)28(34)40)12-14-4-6-15(7-5-14)13-32-31(43)45-30-25(38)23(36)24(37)26(44-30)29(41)42/h1-9,20,23-26,30,36-38H,10-13H2,(H,32,43)(H,41,42)(H,33,35,39). The molecule has 3 heterocycles. The molecule has 0 aliphatic carbocycles. The molecule has 6 rings (SSSR count). The lowest BCUT2D eigenvalue weighted by atomic mass is 9.95. The molecule has 3 aromatic carbocycles. The molecule has 4 amide bonds. The molecule has 6 N–H and O–H groups in total. The minimum atomic E-state index is -1.90. The zero-order chi connectivity index (χ0) is 32.0. The lowest BCUT2D eigenvalue weighted by Crippen LogP contribution is -2.61. The molecule has 2 saturated heterocycles. The zero-order valence-electron chi connectivity index (χ0n) is 23.6. The van der Waals surface area contributed by atoms with Crippen LogP contribution >= 0.6 is 0 Å². The lowest BCUT2D eigenvalue weighted by Gasteiger charge is -2.37. The number of imide groups is 1. The van der Waals surface area contributed by atoms with Gasteiger partial charge < -0.3 is 35.2 Å². The number of amides is 4. The second-order valence-electron chi connectivity index (χ2n) is 11.1. The van der Waals surface area contributed by atoms with Gasteiger partial charge >= 0.3 is 12.1 Å². The van der Waals surface area contributed by atoms with Gasteiger partial charge in [-0.1, -0.05) is 42.5 Å². The van der Waals surface area contributed by atoms with Crippen LogP contribution in [0.5, 0.6) is 0 Å². The number of aliphatic hydroxyl groups is 3. The number of carboxylic acids is 1. The van der Waals surface area contributed by atoms with E-state index in [1.165, 1.54) is 4.90 Å². The minimum Gasteiger partial charge on any atom is -0.479 e. The Kier molecular flexibility index (Phi) is 7.97. The van der Waals surface area contributed by atoms with Crippen molar-refractivity contribution in [1.82, 2.24) is 10.6 Å². The topological polar surface area (TPSA) is 212 Å². The molecule has 0 radical (unpaired) electrons. The number of carbonyl (C=O) groups excluding carboxylic acids is 4. The first-order valence-electron chi connectivity index (χ1n) is 14.2. The number of anilines is 1. The van der Waals surface area contributed by atoms with Crippen LogP contribution in [-0.4, -0.2) is 87.0 Å². The second-order valence-corrected chi connectivity index (χ2v) is 11.1. The number of nitrogens with zero attached hydrogens (tertiary/aromatic N) is 1. The van der Waals surface area contributed by atoms with Gasteiger partial charge in [-0.15, -0.1) is 0 Å². The van der Waals surface area contributed by atoms with Gasteiger partial charge in [-0.25, -0.2) is 9.59 Å². The number of alkyl carbamates (subject to hydrolysis) is 1. The lowest BCUT2D eigenvalue weighted by molar-refractivity contribution is -0.278. The summed E-state index contributed by atoms with van der Waals surface area (Å²) in [4.78, 5) is 62.6. The first-order chi connectivity index (χ1) is 21.5. The van der Waals surface area contributed by atoms with Crippen LogP contribution in [0.15, 0.2) is 54.6 Å². The van der Waals surface area contributed by atoms with E-state index >= 15 is 0 Å². The number of aliphatic hydroxyl groups excluding tert-OH is 3. The summed E-state index contributed by atoms with van der Waals surface area (Å²) in [7, 11) is 0. The van der Waals surface area contributed by atoms with Crippen molar-refractivity contribution in [3.8, 4) is 0 Å². The summed E-state index contributed by atoms with van der Waals surface area (Å²) >= 11 is 0. The zero-order valence-corrected chi connectivity index (χ0v) is 23.6. The number of rotatable bonds is 7. The Bertz CT molecular complexity index is 1710. The molecular weight excluding hydrogens is 590 g/mol. The normalized spacial score (nSPS) is 26.1. The summed E-state index contributed by atoms with van der Waals surface area (Å²) in [5, 5.41) is 45.2. The molecular formula is C31H29N3O11. The van der Waals surface area contributed by atoms with E-state index in [-0.39, 0.29) is 31.2 Å². The second kappa shape index (κ2) is 11.9. The van der Waals surface area contributed by atoms with Gasteiger partial charge in [0, 0.05) is 23.9 Å². The molecule has 0 bridgehead atoms. The maximum absolute atomic E-state index is 13.4. The van der Waals surface area contributed by atoms with Gasteiger partial charge in [-0.05, 0) is 47.1 Å². The summed E-state index contributed by atoms with van der Waals surface area (Å²) in [6, 6.07) is 15.7. The number of hydrogen-bond donors (Lipinski definition) is 6. The third kappa shape index (κ3) is 5.60. The molecule has 45 heavy (non-hydrogen) atoms. The van der Waals surface area contributed by atoms with Crippen molar-refractivity contribution in [3.63, 3.8) is 0 Å². The molecule has 14 nitrogen and oxygen atoms in total. The number of benzene rings is 3. The van der Waals surface area contributed by atoms with Gasteiger partial charge in [0.25, 0.3) is 5.91 Å². The fourth-order valence-electron chi connectivity index (χ4n) is 5.92. The molecule has 2 fully saturated rings. The van der Waals surface area contributed by atoms with E-state index in [1.54, 1.807) is 24.3 Å². The number of carboxylic acid groups (broad SMARTS) is 1. The van der Waals surface area contributed by atoms with Crippen LogP contribution in [0.2, 0.25) is 0 Å². The molecule has 0 saturated carbocycles. The Morgan fingerprint density at radius 3 is 2.40 bits per heavy atom. The van der Waals surface area contributed by atoms with E-state index in [0.717, 1.165) is 21.9 Å². The highest BCUT2D eigenvalue weighted by Crippen LogP contribution is 2.41. The van der Waals surface area contributed by atoms with E-state index in [4.69, 9.17) is 14.6 Å². The van der Waals surface area contributed by atoms with Crippen molar-refractivity contribution in [3.05, 3.63) is 76.9 Å². The molecule has 6 atom stereocenters. The van der Waals surface area contributed by atoms with Gasteiger partial charge in [0.05, 0.1) is 5.69 Å². The van der Waals surface area contributed by atoms with Crippen LogP contribution in [-0.2, 0) is 36.8 Å². The molecule has 3 aromatic rings. The maximum Gasteiger partial charge on any atom is 0.409 e. The summed E-state index contributed by atoms with van der Waals surface area (Å²) in [5.41, 5.74) is 3.73. The smallest absolute Gasteiger partial charge is 0.409 e. The average molecular weight is 620 g/mol. The van der Waals surface area contributed by atoms with Crippen molar-refractivity contribution < 1.29 is 53.9 Å². The average Bonchev–Trinajstić information content (AvgIpc) is 3.30. The molecule has 0 aromatic heterocycles. The van der Waals surface area contributed by atoms with Crippen LogP contribution in [0.4, 0.5) is 10.5 Å². The number of carbonyl (C=O) groups is 5. The first-order valence-corrected chi connectivity index (χ1v) is 14.2. The van der Waals surface area contributed by atoms with Crippen LogP contribution in [0.3, 0.4) is 0 Å². The number of ether oxygens (including phenoxy) is 2. The predicted molar refractivity (Wildman–Crippen MR) is 154 cm³/mol. The molecule has 6 unspecified atom stereocenters. The molecule has 3 aliphatic rings. The third-order valence-corrected chi connectivity index (χ3v) is 8.23. The van der Waals surface area contributed by atoms with Crippen LogP contribution < -0.4 is 15.5 Å². The van der Waals surface area contributed by atoms with Crippen LogP contribution in [0, 0.1) is 0 Å². The molecule has 234 valence electrons. The van der Waals surface area contributed by atoms with Crippen LogP contribution in [0.25, 0.3) is 10.8 Å². The number of hydrogen-bond acceptors (Lipinski definition) is 10. The van der Waals surface area contributed by atoms with E-state index in [0.29, 0.717) is 23.2 Å². The van der Waals surface area contributed by atoms with E-state index in [2.05, 4.69) is 10.6 Å². The summed E-state index contributed by atoms with van der Waals surface area (Å²) in [6.45, 7) is 0.0226. The Labute approximate surface area is 255 Å². The van der Waals surface area contributed by atoms with Crippen molar-refractivity contribution in [1.29, 1.82) is 0 Å². The quantitative estimate of drug-likeness (QED) is 0.198. The van der Waals surface area contributed by atoms with Crippen molar-refractivity contribution in [2.45, 2.75) is 62.6 Å². The van der Waals surface area contributed by atoms with Crippen molar-refractivity contribution >= 4 is 46.2 Å². The Morgan fingerprint density at radius 2 is 1.69 bits per heavy atom. The Balaban J connectivity index is 1.11. The maximum atomic E-state index is 13.4.